The molecule has 1 saturated carbocycles. The summed E-state index contributed by atoms with van der Waals surface area (Å²) in [5.74, 6) is 1.64. The van der Waals surface area contributed by atoms with Crippen LogP contribution in [0.2, 0.25) is 0 Å². The second-order valence-electron chi connectivity index (χ2n) is 4.64. The molecule has 1 aromatic heterocycles. The third-order valence-corrected chi connectivity index (χ3v) is 3.47. The summed E-state index contributed by atoms with van der Waals surface area (Å²) in [6.45, 7) is 0.784. The smallest absolute Gasteiger partial charge is 0.150 e. The van der Waals surface area contributed by atoms with Crippen LogP contribution >= 0.6 is 0 Å². The Kier molecular flexibility index (Phi) is 2.92. The van der Waals surface area contributed by atoms with Gasteiger partial charge in [-0.25, -0.2) is 0 Å². The zero-order valence-corrected chi connectivity index (χ0v) is 9.67. The van der Waals surface area contributed by atoms with Crippen LogP contribution in [0.25, 0.3) is 0 Å². The lowest BCUT2D eigenvalue weighted by molar-refractivity contribution is 0.274. The fourth-order valence-corrected chi connectivity index (χ4v) is 2.36. The minimum absolute atomic E-state index is 0.616. The fraction of sp³-hybridized carbons (Fsp3) is 0.357. The molecule has 1 aliphatic carbocycles. The molecule has 0 radical (unpaired) electrons. The van der Waals surface area contributed by atoms with Crippen LogP contribution in [-0.4, -0.2) is 11.2 Å². The van der Waals surface area contributed by atoms with Crippen LogP contribution in [0.15, 0.2) is 47.1 Å². The van der Waals surface area contributed by atoms with E-state index in [1.54, 1.807) is 6.20 Å². The summed E-state index contributed by atoms with van der Waals surface area (Å²) in [7, 11) is 0. The molecule has 0 saturated heterocycles. The molecule has 0 unspecified atom stereocenters. The Balaban J connectivity index is 1.46. The number of benzene rings is 1. The van der Waals surface area contributed by atoms with E-state index in [-0.39, 0.29) is 0 Å². The molecular weight excluding hydrogens is 212 g/mol. The summed E-state index contributed by atoms with van der Waals surface area (Å²) in [6.07, 6.45) is 4.13. The lowest BCUT2D eigenvalue weighted by Gasteiger charge is -2.36. The van der Waals surface area contributed by atoms with E-state index in [1.807, 2.05) is 6.07 Å². The van der Waals surface area contributed by atoms with E-state index in [0.717, 1.165) is 18.2 Å². The van der Waals surface area contributed by atoms with Gasteiger partial charge >= 0.3 is 0 Å². The number of hydrogen-bond donors (Lipinski definition) is 1. The van der Waals surface area contributed by atoms with Gasteiger partial charge in [0.1, 0.15) is 5.76 Å². The van der Waals surface area contributed by atoms with Gasteiger partial charge in [-0.3, -0.25) is 0 Å². The Hall–Kier alpha value is -1.61. The normalized spacial score (nSPS) is 23.3. The molecule has 0 spiro atoms. The lowest BCUT2D eigenvalue weighted by atomic mass is 9.76. The lowest BCUT2D eigenvalue weighted by Crippen LogP contribution is -2.39. The summed E-state index contributed by atoms with van der Waals surface area (Å²) < 4.78 is 5.05. The van der Waals surface area contributed by atoms with E-state index in [4.69, 9.17) is 4.52 Å². The number of hydrogen-bond acceptors (Lipinski definition) is 3. The fourth-order valence-electron chi connectivity index (χ4n) is 2.36. The molecule has 17 heavy (non-hydrogen) atoms. The van der Waals surface area contributed by atoms with E-state index in [0.29, 0.717) is 6.04 Å². The van der Waals surface area contributed by atoms with Gasteiger partial charge in [-0.05, 0) is 24.3 Å². The van der Waals surface area contributed by atoms with E-state index in [1.165, 1.54) is 18.4 Å². The molecule has 0 bridgehead atoms. The van der Waals surface area contributed by atoms with Gasteiger partial charge in [0.2, 0.25) is 0 Å². The Morgan fingerprint density at radius 1 is 1.18 bits per heavy atom. The van der Waals surface area contributed by atoms with Crippen molar-refractivity contribution in [1.29, 1.82) is 0 Å². The average Bonchev–Trinajstić information content (AvgIpc) is 2.81. The second kappa shape index (κ2) is 4.72. The first-order valence-electron chi connectivity index (χ1n) is 6.10. The summed E-state index contributed by atoms with van der Waals surface area (Å²) in [5, 5.41) is 7.18. The van der Waals surface area contributed by atoms with Crippen molar-refractivity contribution in [3.05, 3.63) is 53.9 Å². The van der Waals surface area contributed by atoms with Gasteiger partial charge in [0, 0.05) is 12.1 Å². The maximum atomic E-state index is 5.05. The van der Waals surface area contributed by atoms with Gasteiger partial charge in [0.15, 0.2) is 0 Å². The Morgan fingerprint density at radius 3 is 2.71 bits per heavy atom. The first kappa shape index (κ1) is 10.5. The molecule has 1 fully saturated rings. The van der Waals surface area contributed by atoms with Crippen LogP contribution < -0.4 is 5.32 Å². The van der Waals surface area contributed by atoms with Crippen LogP contribution in [0.3, 0.4) is 0 Å². The van der Waals surface area contributed by atoms with Gasteiger partial charge in [-0.15, -0.1) is 0 Å². The van der Waals surface area contributed by atoms with Crippen molar-refractivity contribution in [3.8, 4) is 0 Å². The van der Waals surface area contributed by atoms with Crippen molar-refractivity contribution in [3.63, 3.8) is 0 Å². The summed E-state index contributed by atoms with van der Waals surface area (Å²) >= 11 is 0. The summed E-state index contributed by atoms with van der Waals surface area (Å²) in [6, 6.07) is 13.3. The molecule has 3 rings (SSSR count). The van der Waals surface area contributed by atoms with Crippen LogP contribution in [0.4, 0.5) is 0 Å². The van der Waals surface area contributed by atoms with Crippen LogP contribution in [0.1, 0.15) is 30.1 Å². The average molecular weight is 228 g/mol. The molecule has 1 N–H and O–H groups in total. The number of rotatable bonds is 4. The molecule has 3 nitrogen and oxygen atoms in total. The molecule has 1 heterocycles. The number of nitrogens with one attached hydrogen (secondary N) is 1. The molecule has 88 valence electrons. The van der Waals surface area contributed by atoms with Crippen LogP contribution in [0, 0.1) is 0 Å². The van der Waals surface area contributed by atoms with Gasteiger partial charge in [-0.2, -0.15) is 0 Å². The van der Waals surface area contributed by atoms with E-state index in [2.05, 4.69) is 40.8 Å². The SMILES string of the molecule is c1ccc(C2CC(NCc3ccno3)C2)cc1. The van der Waals surface area contributed by atoms with E-state index < -0.39 is 0 Å². The van der Waals surface area contributed by atoms with Crippen molar-refractivity contribution in [2.24, 2.45) is 0 Å². The van der Waals surface area contributed by atoms with Gasteiger partial charge in [0.05, 0.1) is 12.7 Å². The number of aromatic nitrogens is 1. The highest BCUT2D eigenvalue weighted by Gasteiger charge is 2.29. The molecule has 3 heteroatoms. The van der Waals surface area contributed by atoms with Gasteiger partial charge < -0.3 is 9.84 Å². The highest BCUT2D eigenvalue weighted by atomic mass is 16.5. The molecule has 0 aliphatic heterocycles. The molecule has 2 aromatic rings. The van der Waals surface area contributed by atoms with E-state index in [9.17, 15) is 0 Å². The summed E-state index contributed by atoms with van der Waals surface area (Å²) in [4.78, 5) is 0. The molecule has 0 amide bonds. The van der Waals surface area contributed by atoms with Crippen molar-refractivity contribution < 1.29 is 4.52 Å². The maximum absolute atomic E-state index is 5.05. The van der Waals surface area contributed by atoms with Crippen molar-refractivity contribution in [2.75, 3.05) is 0 Å². The first-order valence-corrected chi connectivity index (χ1v) is 6.10. The monoisotopic (exact) mass is 228 g/mol. The van der Waals surface area contributed by atoms with E-state index >= 15 is 0 Å². The van der Waals surface area contributed by atoms with Crippen LogP contribution in [-0.2, 0) is 6.54 Å². The topological polar surface area (TPSA) is 38.1 Å². The molecular formula is C14H16N2O. The van der Waals surface area contributed by atoms with Crippen molar-refractivity contribution >= 4 is 0 Å². The standard InChI is InChI=1S/C14H16N2O/c1-2-4-11(5-3-1)12-8-13(9-12)15-10-14-6-7-16-17-14/h1-7,12-13,15H,8-10H2. The van der Waals surface area contributed by atoms with Crippen molar-refractivity contribution in [1.82, 2.24) is 10.5 Å². The van der Waals surface area contributed by atoms with Crippen molar-refractivity contribution in [2.45, 2.75) is 31.3 Å². The minimum atomic E-state index is 0.616. The van der Waals surface area contributed by atoms with Gasteiger partial charge in [-0.1, -0.05) is 35.5 Å². The molecule has 1 aliphatic rings. The predicted molar refractivity (Wildman–Crippen MR) is 65.5 cm³/mol. The van der Waals surface area contributed by atoms with Gasteiger partial charge in [0.25, 0.3) is 0 Å². The molecule has 0 atom stereocenters. The minimum Gasteiger partial charge on any atom is -0.360 e. The maximum Gasteiger partial charge on any atom is 0.150 e. The zero-order valence-electron chi connectivity index (χ0n) is 9.67. The third-order valence-electron chi connectivity index (χ3n) is 3.47. The summed E-state index contributed by atoms with van der Waals surface area (Å²) in [5.41, 5.74) is 1.46. The van der Waals surface area contributed by atoms with Crippen LogP contribution in [0.5, 0.6) is 0 Å². The second-order valence-corrected chi connectivity index (χ2v) is 4.64. The number of nitrogens with zero attached hydrogens (tertiary/aromatic N) is 1. The highest BCUT2D eigenvalue weighted by Crippen LogP contribution is 2.36. The predicted octanol–water partition coefficient (Wildman–Crippen LogP) is 2.71. The third kappa shape index (κ3) is 2.39. The highest BCUT2D eigenvalue weighted by molar-refractivity contribution is 5.22. The first-order chi connectivity index (χ1) is 8.42. The molecule has 1 aromatic carbocycles. The zero-order chi connectivity index (χ0) is 11.5. The largest absolute Gasteiger partial charge is 0.360 e. The Bertz CT molecular complexity index is 446. The Morgan fingerprint density at radius 2 is 2.00 bits per heavy atom. The quantitative estimate of drug-likeness (QED) is 0.874. The Labute approximate surface area is 101 Å².